The standard InChI is InChI=1S/C10H19ClO2/c1-8(7-10(2,3)4)5-6-13-9(11)12/h8H,5-7H2,1-4H3. The van der Waals surface area contributed by atoms with Crippen molar-refractivity contribution in [3.63, 3.8) is 0 Å². The van der Waals surface area contributed by atoms with Gasteiger partial charge in [-0.25, -0.2) is 4.79 Å². The lowest BCUT2D eigenvalue weighted by Crippen LogP contribution is -2.13. The van der Waals surface area contributed by atoms with E-state index in [9.17, 15) is 4.79 Å². The second-order valence-corrected chi connectivity index (χ2v) is 5.05. The normalized spacial score (nSPS) is 13.9. The minimum absolute atomic E-state index is 0.338. The summed E-state index contributed by atoms with van der Waals surface area (Å²) in [5, 5.41) is 0. The molecule has 0 bridgehead atoms. The van der Waals surface area contributed by atoms with Crippen molar-refractivity contribution in [1.82, 2.24) is 0 Å². The average molecular weight is 207 g/mol. The highest BCUT2D eigenvalue weighted by molar-refractivity contribution is 6.61. The Balaban J connectivity index is 3.52. The van der Waals surface area contributed by atoms with Crippen molar-refractivity contribution in [2.24, 2.45) is 11.3 Å². The molecule has 0 saturated heterocycles. The lowest BCUT2D eigenvalue weighted by molar-refractivity contribution is 0.160. The first-order valence-corrected chi connectivity index (χ1v) is 5.01. The van der Waals surface area contributed by atoms with E-state index in [4.69, 9.17) is 11.6 Å². The average Bonchev–Trinajstić information content (AvgIpc) is 1.81. The quantitative estimate of drug-likeness (QED) is 0.654. The molecule has 1 unspecified atom stereocenters. The first kappa shape index (κ1) is 12.8. The maximum atomic E-state index is 10.3. The third-order valence-corrected chi connectivity index (χ3v) is 1.90. The Labute approximate surface area is 85.6 Å². The largest absolute Gasteiger partial charge is 0.454 e. The molecule has 0 aliphatic rings. The molecule has 78 valence electrons. The Morgan fingerprint density at radius 1 is 1.46 bits per heavy atom. The molecular formula is C10H19ClO2. The Bertz CT molecular complexity index is 161. The third-order valence-electron chi connectivity index (χ3n) is 1.79. The van der Waals surface area contributed by atoms with Gasteiger partial charge in [0.25, 0.3) is 0 Å². The zero-order chi connectivity index (χ0) is 10.5. The SMILES string of the molecule is CC(CCOC(=O)Cl)CC(C)(C)C. The molecule has 0 heterocycles. The van der Waals surface area contributed by atoms with Crippen molar-refractivity contribution in [3.8, 4) is 0 Å². The summed E-state index contributed by atoms with van der Waals surface area (Å²) in [5.41, 5.74) is -0.368. The van der Waals surface area contributed by atoms with Crippen molar-refractivity contribution in [2.75, 3.05) is 6.61 Å². The van der Waals surface area contributed by atoms with Crippen LogP contribution in [0.1, 0.15) is 40.5 Å². The van der Waals surface area contributed by atoms with Crippen LogP contribution in [0.2, 0.25) is 0 Å². The number of hydrogen-bond donors (Lipinski definition) is 0. The van der Waals surface area contributed by atoms with Crippen LogP contribution in [0.25, 0.3) is 0 Å². The van der Waals surface area contributed by atoms with Gasteiger partial charge in [0.2, 0.25) is 0 Å². The summed E-state index contributed by atoms with van der Waals surface area (Å²) in [4.78, 5) is 10.3. The smallest absolute Gasteiger partial charge is 0.403 e. The van der Waals surface area contributed by atoms with Gasteiger partial charge in [-0.1, -0.05) is 27.7 Å². The van der Waals surface area contributed by atoms with Crippen LogP contribution in [0.3, 0.4) is 0 Å². The second kappa shape index (κ2) is 5.48. The van der Waals surface area contributed by atoms with E-state index in [0.29, 0.717) is 17.9 Å². The molecule has 0 N–H and O–H groups in total. The van der Waals surface area contributed by atoms with Gasteiger partial charge in [0, 0.05) is 11.6 Å². The number of rotatable bonds is 4. The molecule has 0 rings (SSSR count). The maximum Gasteiger partial charge on any atom is 0.403 e. The summed E-state index contributed by atoms with van der Waals surface area (Å²) in [7, 11) is 0. The van der Waals surface area contributed by atoms with E-state index < -0.39 is 5.43 Å². The van der Waals surface area contributed by atoms with Gasteiger partial charge in [-0.15, -0.1) is 0 Å². The van der Waals surface area contributed by atoms with Crippen LogP contribution >= 0.6 is 11.6 Å². The summed E-state index contributed by atoms with van der Waals surface area (Å²) in [6.45, 7) is 9.21. The number of hydrogen-bond acceptors (Lipinski definition) is 2. The van der Waals surface area contributed by atoms with E-state index in [1.54, 1.807) is 0 Å². The predicted molar refractivity (Wildman–Crippen MR) is 55.1 cm³/mol. The molecular weight excluding hydrogens is 188 g/mol. The zero-order valence-electron chi connectivity index (χ0n) is 8.89. The first-order chi connectivity index (χ1) is 5.81. The van der Waals surface area contributed by atoms with E-state index in [2.05, 4.69) is 32.4 Å². The third kappa shape index (κ3) is 9.68. The number of halogens is 1. The van der Waals surface area contributed by atoms with E-state index in [1.165, 1.54) is 0 Å². The minimum atomic E-state index is -0.706. The van der Waals surface area contributed by atoms with Crippen LogP contribution in [0.15, 0.2) is 0 Å². The maximum absolute atomic E-state index is 10.3. The Morgan fingerprint density at radius 3 is 2.38 bits per heavy atom. The van der Waals surface area contributed by atoms with Crippen LogP contribution in [-0.2, 0) is 4.74 Å². The van der Waals surface area contributed by atoms with Gasteiger partial charge < -0.3 is 4.74 Å². The molecule has 3 heteroatoms. The predicted octanol–water partition coefficient (Wildman–Crippen LogP) is 3.82. The fourth-order valence-electron chi connectivity index (χ4n) is 1.49. The van der Waals surface area contributed by atoms with Crippen LogP contribution < -0.4 is 0 Å². The fraction of sp³-hybridized carbons (Fsp3) is 0.900. The van der Waals surface area contributed by atoms with E-state index in [1.807, 2.05) is 0 Å². The molecule has 2 nitrogen and oxygen atoms in total. The highest BCUT2D eigenvalue weighted by Gasteiger charge is 2.15. The fourth-order valence-corrected chi connectivity index (χ4v) is 1.56. The summed E-state index contributed by atoms with van der Waals surface area (Å²) in [6.07, 6.45) is 2.02. The lowest BCUT2D eigenvalue weighted by atomic mass is 9.84. The lowest BCUT2D eigenvalue weighted by Gasteiger charge is -2.22. The van der Waals surface area contributed by atoms with Gasteiger partial charge in [-0.2, -0.15) is 0 Å². The van der Waals surface area contributed by atoms with Gasteiger partial charge in [0.05, 0.1) is 6.61 Å². The topological polar surface area (TPSA) is 26.3 Å². The second-order valence-electron chi connectivity index (χ2n) is 4.74. The van der Waals surface area contributed by atoms with Crippen LogP contribution in [-0.4, -0.2) is 12.0 Å². The van der Waals surface area contributed by atoms with Crippen molar-refractivity contribution >= 4 is 17.0 Å². The Kier molecular flexibility index (Phi) is 5.38. The molecule has 0 spiro atoms. The van der Waals surface area contributed by atoms with Crippen LogP contribution in [0, 0.1) is 11.3 Å². The molecule has 0 aromatic carbocycles. The van der Waals surface area contributed by atoms with Crippen LogP contribution in [0.5, 0.6) is 0 Å². The summed E-state index contributed by atoms with van der Waals surface area (Å²) in [5.74, 6) is 0.566. The molecule has 0 saturated carbocycles. The van der Waals surface area contributed by atoms with Crippen molar-refractivity contribution < 1.29 is 9.53 Å². The molecule has 0 aromatic heterocycles. The van der Waals surface area contributed by atoms with Crippen LogP contribution in [0.4, 0.5) is 4.79 Å². The molecule has 0 aliphatic heterocycles. The van der Waals surface area contributed by atoms with Crippen molar-refractivity contribution in [2.45, 2.75) is 40.5 Å². The van der Waals surface area contributed by atoms with Gasteiger partial charge in [-0.3, -0.25) is 0 Å². The first-order valence-electron chi connectivity index (χ1n) is 4.63. The van der Waals surface area contributed by atoms with Crippen molar-refractivity contribution in [1.29, 1.82) is 0 Å². The molecule has 0 amide bonds. The summed E-state index contributed by atoms with van der Waals surface area (Å²) >= 11 is 5.03. The highest BCUT2D eigenvalue weighted by Crippen LogP contribution is 2.25. The molecule has 0 radical (unpaired) electrons. The van der Waals surface area contributed by atoms with Crippen molar-refractivity contribution in [3.05, 3.63) is 0 Å². The van der Waals surface area contributed by atoms with E-state index in [-0.39, 0.29) is 0 Å². The monoisotopic (exact) mass is 206 g/mol. The number of carbonyl (C=O) groups excluding carboxylic acids is 1. The zero-order valence-corrected chi connectivity index (χ0v) is 9.65. The molecule has 0 aromatic rings. The van der Waals surface area contributed by atoms with Gasteiger partial charge in [-0.05, 0) is 24.2 Å². The van der Waals surface area contributed by atoms with Gasteiger partial charge >= 0.3 is 5.43 Å². The highest BCUT2D eigenvalue weighted by atomic mass is 35.5. The summed E-state index contributed by atoms with van der Waals surface area (Å²) in [6, 6.07) is 0. The summed E-state index contributed by atoms with van der Waals surface area (Å²) < 4.78 is 4.65. The van der Waals surface area contributed by atoms with E-state index in [0.717, 1.165) is 12.8 Å². The molecule has 1 atom stereocenters. The molecule has 0 fully saturated rings. The number of carbonyl (C=O) groups is 1. The van der Waals surface area contributed by atoms with Gasteiger partial charge in [0.15, 0.2) is 0 Å². The van der Waals surface area contributed by atoms with E-state index >= 15 is 0 Å². The molecule has 0 aliphatic carbocycles. The van der Waals surface area contributed by atoms with Gasteiger partial charge in [0.1, 0.15) is 0 Å². The Hall–Kier alpha value is -0.240. The minimum Gasteiger partial charge on any atom is -0.454 e. The Morgan fingerprint density at radius 2 is 2.00 bits per heavy atom. The molecule has 13 heavy (non-hydrogen) atoms. The number of ether oxygens (including phenoxy) is 1.